The molecule has 0 spiro atoms. The highest BCUT2D eigenvalue weighted by molar-refractivity contribution is 7.89. The standard InChI is InChI=1S/C21H27FN2O4S/c1-23(15-16-7-9-17(10-8-16)24-11-5-4-6-12-24)29(25,26)21-14-20(28-3)19(27-2)13-18(21)22/h7-10,13-14H,4-6,11-12,15H2,1-3H3. The molecule has 0 radical (unpaired) electrons. The molecule has 0 N–H and O–H groups in total. The van der Waals surface area contributed by atoms with Gasteiger partial charge in [0.15, 0.2) is 11.5 Å². The zero-order valence-electron chi connectivity index (χ0n) is 17.0. The lowest BCUT2D eigenvalue weighted by atomic mass is 10.1. The maximum Gasteiger partial charge on any atom is 0.246 e. The first kappa shape index (κ1) is 21.4. The van der Waals surface area contributed by atoms with Crippen LogP contribution < -0.4 is 14.4 Å². The highest BCUT2D eigenvalue weighted by atomic mass is 32.2. The molecule has 3 rings (SSSR count). The highest BCUT2D eigenvalue weighted by Gasteiger charge is 2.27. The van der Waals surface area contributed by atoms with E-state index in [2.05, 4.69) is 4.90 Å². The molecule has 1 aliphatic rings. The van der Waals surface area contributed by atoms with Crippen molar-refractivity contribution >= 4 is 15.7 Å². The number of halogens is 1. The molecule has 1 fully saturated rings. The molecule has 1 aliphatic heterocycles. The Morgan fingerprint density at radius 2 is 1.59 bits per heavy atom. The quantitative estimate of drug-likeness (QED) is 0.682. The molecule has 0 bridgehead atoms. The predicted molar refractivity (Wildman–Crippen MR) is 111 cm³/mol. The predicted octanol–water partition coefficient (Wildman–Crippen LogP) is 3.65. The number of anilines is 1. The number of sulfonamides is 1. The van der Waals surface area contributed by atoms with Gasteiger partial charge < -0.3 is 14.4 Å². The summed E-state index contributed by atoms with van der Waals surface area (Å²) >= 11 is 0. The Bertz CT molecular complexity index is 942. The Hall–Kier alpha value is -2.32. The monoisotopic (exact) mass is 422 g/mol. The fraction of sp³-hybridized carbons (Fsp3) is 0.429. The van der Waals surface area contributed by atoms with Crippen LogP contribution in [0, 0.1) is 5.82 Å². The van der Waals surface area contributed by atoms with Crippen LogP contribution in [0.5, 0.6) is 11.5 Å². The van der Waals surface area contributed by atoms with Gasteiger partial charge in [0, 0.05) is 44.5 Å². The van der Waals surface area contributed by atoms with Gasteiger partial charge in [-0.2, -0.15) is 4.31 Å². The van der Waals surface area contributed by atoms with Crippen LogP contribution in [0.2, 0.25) is 0 Å². The number of hydrogen-bond acceptors (Lipinski definition) is 5. The molecule has 0 saturated carbocycles. The maximum atomic E-state index is 14.5. The van der Waals surface area contributed by atoms with E-state index in [1.807, 2.05) is 24.3 Å². The van der Waals surface area contributed by atoms with Crippen molar-refractivity contribution in [2.75, 3.05) is 39.3 Å². The van der Waals surface area contributed by atoms with E-state index in [1.165, 1.54) is 40.5 Å². The molecule has 0 amide bonds. The van der Waals surface area contributed by atoms with Crippen LogP contribution in [0.4, 0.5) is 10.1 Å². The second kappa shape index (κ2) is 9.00. The average Bonchev–Trinajstić information content (AvgIpc) is 2.74. The minimum atomic E-state index is -4.04. The molecule has 2 aromatic rings. The van der Waals surface area contributed by atoms with Gasteiger partial charge in [-0.15, -0.1) is 0 Å². The van der Waals surface area contributed by atoms with Crippen LogP contribution in [0.25, 0.3) is 0 Å². The Morgan fingerprint density at radius 1 is 1.00 bits per heavy atom. The highest BCUT2D eigenvalue weighted by Crippen LogP contribution is 2.33. The molecule has 1 heterocycles. The summed E-state index contributed by atoms with van der Waals surface area (Å²) in [6, 6.07) is 10.0. The summed E-state index contributed by atoms with van der Waals surface area (Å²) in [5, 5.41) is 0. The minimum Gasteiger partial charge on any atom is -0.493 e. The second-order valence-electron chi connectivity index (χ2n) is 7.11. The first-order chi connectivity index (χ1) is 13.9. The lowest BCUT2D eigenvalue weighted by Gasteiger charge is -2.29. The number of rotatable bonds is 7. The van der Waals surface area contributed by atoms with Crippen molar-refractivity contribution in [2.45, 2.75) is 30.7 Å². The van der Waals surface area contributed by atoms with E-state index in [0.717, 1.165) is 40.8 Å². The Balaban J connectivity index is 1.78. The number of piperidine rings is 1. The number of nitrogens with zero attached hydrogens (tertiary/aromatic N) is 2. The third-order valence-electron chi connectivity index (χ3n) is 5.19. The third kappa shape index (κ3) is 4.64. The zero-order chi connectivity index (χ0) is 21.0. The summed E-state index contributed by atoms with van der Waals surface area (Å²) in [5.41, 5.74) is 1.97. The van der Waals surface area contributed by atoms with Crippen molar-refractivity contribution in [1.29, 1.82) is 0 Å². The van der Waals surface area contributed by atoms with E-state index in [9.17, 15) is 12.8 Å². The molecular weight excluding hydrogens is 395 g/mol. The fourth-order valence-electron chi connectivity index (χ4n) is 3.51. The second-order valence-corrected chi connectivity index (χ2v) is 9.13. The molecule has 6 nitrogen and oxygen atoms in total. The van der Waals surface area contributed by atoms with Gasteiger partial charge in [-0.25, -0.2) is 12.8 Å². The smallest absolute Gasteiger partial charge is 0.246 e. The molecule has 0 atom stereocenters. The zero-order valence-corrected chi connectivity index (χ0v) is 17.8. The van der Waals surface area contributed by atoms with E-state index in [4.69, 9.17) is 9.47 Å². The van der Waals surface area contributed by atoms with Crippen LogP contribution in [0.15, 0.2) is 41.3 Å². The molecule has 0 aromatic heterocycles. The summed E-state index contributed by atoms with van der Waals surface area (Å²) in [5.74, 6) is -0.582. The van der Waals surface area contributed by atoms with Gasteiger partial charge in [-0.05, 0) is 37.0 Å². The Labute approximate surface area is 171 Å². The van der Waals surface area contributed by atoms with Crippen LogP contribution in [0.1, 0.15) is 24.8 Å². The normalized spacial score (nSPS) is 14.9. The summed E-state index contributed by atoms with van der Waals surface area (Å²) < 4.78 is 51.6. The van der Waals surface area contributed by atoms with Crippen molar-refractivity contribution in [2.24, 2.45) is 0 Å². The lowest BCUT2D eigenvalue weighted by Crippen LogP contribution is -2.29. The van der Waals surface area contributed by atoms with Crippen molar-refractivity contribution in [3.63, 3.8) is 0 Å². The van der Waals surface area contributed by atoms with Crippen molar-refractivity contribution in [3.05, 3.63) is 47.8 Å². The number of benzene rings is 2. The average molecular weight is 423 g/mol. The summed E-state index contributed by atoms with van der Waals surface area (Å²) in [4.78, 5) is 1.90. The van der Waals surface area contributed by atoms with Crippen molar-refractivity contribution in [3.8, 4) is 11.5 Å². The molecule has 1 saturated heterocycles. The number of methoxy groups -OCH3 is 2. The first-order valence-corrected chi connectivity index (χ1v) is 11.0. The molecule has 2 aromatic carbocycles. The molecule has 8 heteroatoms. The molecule has 0 aliphatic carbocycles. The molecule has 29 heavy (non-hydrogen) atoms. The van der Waals surface area contributed by atoms with Crippen LogP contribution in [-0.4, -0.2) is 47.1 Å². The SMILES string of the molecule is COc1cc(F)c(S(=O)(=O)N(C)Cc2ccc(N3CCCCC3)cc2)cc1OC. The van der Waals surface area contributed by atoms with Crippen LogP contribution >= 0.6 is 0 Å². The van der Waals surface area contributed by atoms with E-state index in [-0.39, 0.29) is 18.0 Å². The molecular formula is C21H27FN2O4S. The summed E-state index contributed by atoms with van der Waals surface area (Å²) in [6.07, 6.45) is 3.66. The minimum absolute atomic E-state index is 0.135. The summed E-state index contributed by atoms with van der Waals surface area (Å²) in [7, 11) is 0.132. The third-order valence-corrected chi connectivity index (χ3v) is 7.01. The molecule has 0 unspecified atom stereocenters. The topological polar surface area (TPSA) is 59.1 Å². The Morgan fingerprint density at radius 3 is 2.17 bits per heavy atom. The first-order valence-electron chi connectivity index (χ1n) is 9.58. The van der Waals surface area contributed by atoms with Gasteiger partial charge in [-0.3, -0.25) is 0 Å². The van der Waals surface area contributed by atoms with Gasteiger partial charge in [0.05, 0.1) is 14.2 Å². The van der Waals surface area contributed by atoms with Crippen LogP contribution in [-0.2, 0) is 16.6 Å². The lowest BCUT2D eigenvalue weighted by molar-refractivity contribution is 0.349. The fourth-order valence-corrected chi connectivity index (χ4v) is 4.72. The largest absolute Gasteiger partial charge is 0.493 e. The van der Waals surface area contributed by atoms with E-state index in [0.29, 0.717) is 0 Å². The van der Waals surface area contributed by atoms with Gasteiger partial charge in [0.2, 0.25) is 10.0 Å². The van der Waals surface area contributed by atoms with Gasteiger partial charge in [0.25, 0.3) is 0 Å². The van der Waals surface area contributed by atoms with Crippen LogP contribution in [0.3, 0.4) is 0 Å². The van der Waals surface area contributed by atoms with E-state index < -0.39 is 20.7 Å². The van der Waals surface area contributed by atoms with Gasteiger partial charge >= 0.3 is 0 Å². The number of hydrogen-bond donors (Lipinski definition) is 0. The van der Waals surface area contributed by atoms with Crippen molar-refractivity contribution < 1.29 is 22.3 Å². The Kier molecular flexibility index (Phi) is 6.64. The van der Waals surface area contributed by atoms with Gasteiger partial charge in [0.1, 0.15) is 10.7 Å². The van der Waals surface area contributed by atoms with E-state index >= 15 is 0 Å². The molecule has 158 valence electrons. The summed E-state index contributed by atoms with van der Waals surface area (Å²) in [6.45, 7) is 2.23. The van der Waals surface area contributed by atoms with E-state index in [1.54, 1.807) is 0 Å². The van der Waals surface area contributed by atoms with Gasteiger partial charge in [-0.1, -0.05) is 12.1 Å². The van der Waals surface area contributed by atoms with Crippen molar-refractivity contribution in [1.82, 2.24) is 4.31 Å². The maximum absolute atomic E-state index is 14.5. The number of ether oxygens (including phenoxy) is 2.